The fourth-order valence-corrected chi connectivity index (χ4v) is 5.57. The van der Waals surface area contributed by atoms with Crippen LogP contribution in [0.5, 0.6) is 11.5 Å². The van der Waals surface area contributed by atoms with Gasteiger partial charge in [0.1, 0.15) is 5.70 Å². The molecule has 0 saturated carbocycles. The summed E-state index contributed by atoms with van der Waals surface area (Å²) in [6.07, 6.45) is -0.262. The molecule has 0 aliphatic carbocycles. The van der Waals surface area contributed by atoms with Gasteiger partial charge in [0.2, 0.25) is 11.8 Å². The fraction of sp³-hybridized carbons (Fsp3) is 0.522. The second-order valence-electron chi connectivity index (χ2n) is 9.28. The van der Waals surface area contributed by atoms with E-state index < -0.39 is 23.7 Å². The van der Waals surface area contributed by atoms with Gasteiger partial charge in [-0.3, -0.25) is 14.5 Å². The minimum atomic E-state index is -1.16. The van der Waals surface area contributed by atoms with E-state index in [9.17, 15) is 34.8 Å². The number of fused-ring (bicyclic) bond motifs is 1. The molecular weight excluding hydrogens is 466 g/mol. The lowest BCUT2D eigenvalue weighted by molar-refractivity contribution is -0.163. The number of rotatable bonds is 7. The number of benzene rings is 1. The molecule has 2 amide bonds. The van der Waals surface area contributed by atoms with Crippen LogP contribution in [-0.2, 0) is 20.9 Å². The van der Waals surface area contributed by atoms with E-state index in [0.717, 1.165) is 0 Å². The maximum absolute atomic E-state index is 12.7. The Balaban J connectivity index is 1.39. The van der Waals surface area contributed by atoms with Crippen molar-refractivity contribution >= 4 is 29.4 Å². The van der Waals surface area contributed by atoms with Crippen molar-refractivity contribution in [3.8, 4) is 11.5 Å². The number of amides is 2. The highest BCUT2D eigenvalue weighted by atomic mass is 35.5. The molecule has 1 aromatic carbocycles. The number of likely N-dealkylation sites (tertiary alicyclic amines) is 1. The van der Waals surface area contributed by atoms with Gasteiger partial charge in [0.05, 0.1) is 29.0 Å². The van der Waals surface area contributed by atoms with E-state index in [2.05, 4.69) is 5.32 Å². The molecule has 4 rings (SSSR count). The molecule has 184 valence electrons. The first kappa shape index (κ1) is 24.3. The summed E-state index contributed by atoms with van der Waals surface area (Å²) in [4.78, 5) is 40.5. The Morgan fingerprint density at radius 1 is 1.29 bits per heavy atom. The van der Waals surface area contributed by atoms with Crippen LogP contribution in [0.2, 0.25) is 5.02 Å². The number of carbonyl (C=O) groups excluding carboxylic acids is 2. The number of carboxylic acid groups (broad SMARTS) is 1. The van der Waals surface area contributed by atoms with Crippen LogP contribution in [0.25, 0.3) is 0 Å². The maximum atomic E-state index is 12.7. The number of nitrogens with one attached hydrogen (secondary N) is 1. The number of carboxylic acids is 1. The second-order valence-corrected chi connectivity index (χ2v) is 9.66. The van der Waals surface area contributed by atoms with Crippen LogP contribution >= 0.6 is 11.6 Å². The standard InChI is InChI=1S/C23H28ClN3O7/c1-10-14(19(23(33)34)27-18(10)16(11(2)28)22(27)32)9-26-6-5-13(8-26)21(31)25-7-12-3-4-15(29)20(30)17(12)24/h3-4,10-11,13,16,18,28-30H,5-9H2,1-2H3,(H,25,31)(H,33,34)/t10-,11+,13-,16+,18?/m0/s1. The first-order valence-electron chi connectivity index (χ1n) is 11.2. The molecule has 5 atom stereocenters. The van der Waals surface area contributed by atoms with Crippen molar-refractivity contribution in [1.82, 2.24) is 15.1 Å². The van der Waals surface area contributed by atoms with E-state index >= 15 is 0 Å². The number of hydrogen-bond donors (Lipinski definition) is 5. The van der Waals surface area contributed by atoms with Gasteiger partial charge in [-0.05, 0) is 37.1 Å². The molecule has 3 heterocycles. The normalized spacial score (nSPS) is 27.5. The first-order chi connectivity index (χ1) is 16.0. The maximum Gasteiger partial charge on any atom is 0.352 e. The number of nitrogens with zero attached hydrogens (tertiary/aromatic N) is 2. The van der Waals surface area contributed by atoms with Gasteiger partial charge in [0.25, 0.3) is 0 Å². The number of carbonyl (C=O) groups is 3. The summed E-state index contributed by atoms with van der Waals surface area (Å²) in [5.74, 6) is -3.61. The summed E-state index contributed by atoms with van der Waals surface area (Å²) in [6.45, 7) is 4.87. The highest BCUT2D eigenvalue weighted by molar-refractivity contribution is 6.33. The van der Waals surface area contributed by atoms with Crippen LogP contribution in [0.4, 0.5) is 0 Å². The Labute approximate surface area is 201 Å². The number of phenols is 2. The van der Waals surface area contributed by atoms with Gasteiger partial charge in [-0.2, -0.15) is 0 Å². The molecule has 5 N–H and O–H groups in total. The lowest BCUT2D eigenvalue weighted by atomic mass is 9.77. The number of aliphatic hydroxyl groups is 1. The highest BCUT2D eigenvalue weighted by Gasteiger charge is 2.59. The van der Waals surface area contributed by atoms with Crippen LogP contribution in [0.15, 0.2) is 23.4 Å². The summed E-state index contributed by atoms with van der Waals surface area (Å²) in [7, 11) is 0. The van der Waals surface area contributed by atoms with Crippen LogP contribution < -0.4 is 5.32 Å². The minimum absolute atomic E-state index is 0.00548. The molecule has 3 aliphatic rings. The summed E-state index contributed by atoms with van der Waals surface area (Å²) in [6, 6.07) is 2.46. The number of aromatic hydroxyl groups is 2. The molecule has 2 saturated heterocycles. The molecular formula is C23H28ClN3O7. The molecule has 1 aromatic rings. The van der Waals surface area contributed by atoms with Gasteiger partial charge in [-0.25, -0.2) is 4.79 Å². The van der Waals surface area contributed by atoms with Crippen LogP contribution in [0.3, 0.4) is 0 Å². The van der Waals surface area contributed by atoms with Crippen molar-refractivity contribution in [2.75, 3.05) is 19.6 Å². The Hall–Kier alpha value is -2.82. The third kappa shape index (κ3) is 3.99. The Bertz CT molecular complexity index is 1070. The van der Waals surface area contributed by atoms with Crippen molar-refractivity contribution in [1.29, 1.82) is 0 Å². The zero-order valence-corrected chi connectivity index (χ0v) is 19.6. The highest BCUT2D eigenvalue weighted by Crippen LogP contribution is 2.47. The lowest BCUT2D eigenvalue weighted by Gasteiger charge is -2.46. The monoisotopic (exact) mass is 493 g/mol. The van der Waals surface area contributed by atoms with E-state index in [-0.39, 0.29) is 52.7 Å². The summed E-state index contributed by atoms with van der Waals surface area (Å²) in [5, 5.41) is 41.7. The van der Waals surface area contributed by atoms with Crippen molar-refractivity contribution in [2.24, 2.45) is 17.8 Å². The molecule has 0 spiro atoms. The Morgan fingerprint density at radius 3 is 2.65 bits per heavy atom. The smallest absolute Gasteiger partial charge is 0.352 e. The molecule has 0 radical (unpaired) electrons. The van der Waals surface area contributed by atoms with Gasteiger partial charge >= 0.3 is 5.97 Å². The van der Waals surface area contributed by atoms with Crippen molar-refractivity contribution in [2.45, 2.75) is 39.0 Å². The SMILES string of the molecule is C[C@H]1C(CN2CC[C@H](C(=O)NCc3ccc(O)c(O)c3Cl)C2)=C(C(=O)O)N2C(=O)[C@H]([C@@H](C)O)C12. The van der Waals surface area contributed by atoms with E-state index in [4.69, 9.17) is 11.6 Å². The van der Waals surface area contributed by atoms with Crippen LogP contribution in [0.1, 0.15) is 25.8 Å². The average molecular weight is 494 g/mol. The number of phenolic OH excluding ortho intramolecular Hbond substituents is 2. The predicted molar refractivity (Wildman–Crippen MR) is 121 cm³/mol. The molecule has 11 heteroatoms. The van der Waals surface area contributed by atoms with Crippen LogP contribution in [0, 0.1) is 17.8 Å². The number of aliphatic carboxylic acids is 1. The summed E-state index contributed by atoms with van der Waals surface area (Å²) in [5.41, 5.74) is 1.11. The quantitative estimate of drug-likeness (QED) is 0.277. The largest absolute Gasteiger partial charge is 0.504 e. The number of hydrogen-bond acceptors (Lipinski definition) is 7. The van der Waals surface area contributed by atoms with E-state index in [1.165, 1.54) is 17.0 Å². The zero-order chi connectivity index (χ0) is 24.9. The molecule has 2 fully saturated rings. The molecule has 34 heavy (non-hydrogen) atoms. The predicted octanol–water partition coefficient (Wildman–Crippen LogP) is 0.885. The first-order valence-corrected chi connectivity index (χ1v) is 11.6. The van der Waals surface area contributed by atoms with Gasteiger partial charge in [-0.15, -0.1) is 0 Å². The molecule has 0 aromatic heterocycles. The average Bonchev–Trinajstić information content (AvgIpc) is 3.33. The van der Waals surface area contributed by atoms with Crippen LogP contribution in [-0.4, -0.2) is 79.8 Å². The second kappa shape index (κ2) is 9.09. The number of aliphatic hydroxyl groups excluding tert-OH is 1. The summed E-state index contributed by atoms with van der Waals surface area (Å²) < 4.78 is 0. The Morgan fingerprint density at radius 2 is 2.00 bits per heavy atom. The van der Waals surface area contributed by atoms with Gasteiger partial charge < -0.3 is 30.6 Å². The van der Waals surface area contributed by atoms with Gasteiger partial charge in [-0.1, -0.05) is 24.6 Å². The van der Waals surface area contributed by atoms with E-state index in [0.29, 0.717) is 37.2 Å². The topological polar surface area (TPSA) is 151 Å². The van der Waals surface area contributed by atoms with E-state index in [1.54, 1.807) is 6.92 Å². The molecule has 3 aliphatic heterocycles. The fourth-order valence-electron chi connectivity index (χ4n) is 5.34. The lowest BCUT2D eigenvalue weighted by Crippen LogP contribution is -2.63. The van der Waals surface area contributed by atoms with Crippen molar-refractivity contribution < 1.29 is 34.8 Å². The molecule has 10 nitrogen and oxygen atoms in total. The third-order valence-corrected chi connectivity index (χ3v) is 7.60. The van der Waals surface area contributed by atoms with Crippen molar-refractivity contribution in [3.63, 3.8) is 0 Å². The Kier molecular flexibility index (Phi) is 6.50. The minimum Gasteiger partial charge on any atom is -0.504 e. The zero-order valence-electron chi connectivity index (χ0n) is 18.9. The molecule has 0 bridgehead atoms. The third-order valence-electron chi connectivity index (χ3n) is 7.18. The van der Waals surface area contributed by atoms with Gasteiger partial charge in [0.15, 0.2) is 11.5 Å². The summed E-state index contributed by atoms with van der Waals surface area (Å²) >= 11 is 6.02. The molecule has 1 unspecified atom stereocenters. The van der Waals surface area contributed by atoms with Gasteiger partial charge in [0, 0.05) is 25.6 Å². The van der Waals surface area contributed by atoms with E-state index in [1.807, 2.05) is 11.8 Å². The number of β-lactam (4-membered cyclic amide) rings is 1. The number of halogens is 1. The van der Waals surface area contributed by atoms with Crippen molar-refractivity contribution in [3.05, 3.63) is 34.0 Å².